The number of cyclic esters (lactones) is 1. The van der Waals surface area contributed by atoms with Crippen molar-refractivity contribution in [2.45, 2.75) is 69.7 Å². The van der Waals surface area contributed by atoms with E-state index in [1.54, 1.807) is 9.47 Å². The Hall–Kier alpha value is -3.59. The molecule has 1 aromatic heterocycles. The first-order valence-corrected chi connectivity index (χ1v) is 12.9. The molecule has 3 N–H and O–H groups in total. The lowest BCUT2D eigenvalue weighted by Gasteiger charge is -2.42. The fourth-order valence-electron chi connectivity index (χ4n) is 5.96. The second kappa shape index (κ2) is 8.76. The summed E-state index contributed by atoms with van der Waals surface area (Å²) in [5, 5.41) is 10.9. The van der Waals surface area contributed by atoms with Gasteiger partial charge in [-0.25, -0.2) is 9.78 Å². The largest absolute Gasteiger partial charge is 0.490 e. The molecule has 3 fully saturated rings. The van der Waals surface area contributed by atoms with Crippen molar-refractivity contribution in [2.24, 2.45) is 0 Å². The van der Waals surface area contributed by atoms with Crippen LogP contribution in [0, 0.1) is 6.92 Å². The predicted octanol–water partition coefficient (Wildman–Crippen LogP) is 3.33. The number of anilines is 1. The summed E-state index contributed by atoms with van der Waals surface area (Å²) in [4.78, 5) is 32.1. The van der Waals surface area contributed by atoms with E-state index in [2.05, 4.69) is 0 Å². The number of carbonyl (C=O) groups excluding carboxylic acids is 1. The van der Waals surface area contributed by atoms with E-state index in [4.69, 9.17) is 20.2 Å². The SMILES string of the molecule is Cc1nc2cc(C3CC(C)(O)C3)c(O[C@H]3CCN4C(=O)OC[C@@H]4C3)cc2c(=O)n1Cc1ccc(N)cc1. The first kappa shape index (κ1) is 23.8. The first-order valence-electron chi connectivity index (χ1n) is 12.9. The van der Waals surface area contributed by atoms with Gasteiger partial charge in [-0.15, -0.1) is 0 Å². The number of nitrogens with zero attached hydrogens (tertiary/aromatic N) is 3. The third-order valence-electron chi connectivity index (χ3n) is 8.00. The van der Waals surface area contributed by atoms with E-state index in [-0.39, 0.29) is 29.7 Å². The molecule has 0 unspecified atom stereocenters. The normalized spacial score (nSPS) is 27.1. The summed E-state index contributed by atoms with van der Waals surface area (Å²) in [5.74, 6) is 1.43. The number of piperidine rings is 1. The number of amides is 1. The number of aliphatic hydroxyl groups is 1. The van der Waals surface area contributed by atoms with Crippen molar-refractivity contribution in [3.63, 3.8) is 0 Å². The van der Waals surface area contributed by atoms with Crippen molar-refractivity contribution in [3.8, 4) is 5.75 Å². The molecule has 194 valence electrons. The van der Waals surface area contributed by atoms with Gasteiger partial charge in [0.15, 0.2) is 0 Å². The third kappa shape index (κ3) is 4.41. The first-order chi connectivity index (χ1) is 17.7. The lowest BCUT2D eigenvalue weighted by atomic mass is 9.69. The minimum atomic E-state index is -0.699. The fourth-order valence-corrected chi connectivity index (χ4v) is 5.96. The zero-order valence-electron chi connectivity index (χ0n) is 21.1. The summed E-state index contributed by atoms with van der Waals surface area (Å²) >= 11 is 0. The monoisotopic (exact) mass is 504 g/mol. The molecule has 3 aromatic rings. The standard InChI is InChI=1S/C28H32N4O5/c1-16-30-24-10-22(18-12-28(2,35)13-18)25(37-21-7-8-31-20(9-21)15-36-27(31)34)11-23(24)26(33)32(16)14-17-3-5-19(29)6-4-17/h3-6,10-11,18,20-21,35H,7-9,12-15,29H2,1-2H3/t18?,20-,21-,28?/m0/s1. The van der Waals surface area contributed by atoms with Crippen molar-refractivity contribution in [3.05, 3.63) is 63.7 Å². The van der Waals surface area contributed by atoms with Gasteiger partial charge in [0.25, 0.3) is 5.56 Å². The van der Waals surface area contributed by atoms with E-state index in [1.807, 2.05) is 50.2 Å². The summed E-state index contributed by atoms with van der Waals surface area (Å²) < 4.78 is 13.4. The van der Waals surface area contributed by atoms with Gasteiger partial charge in [-0.3, -0.25) is 9.36 Å². The summed E-state index contributed by atoms with van der Waals surface area (Å²) in [6.07, 6.45) is 2.28. The van der Waals surface area contributed by atoms with Crippen LogP contribution in [0.25, 0.3) is 10.9 Å². The van der Waals surface area contributed by atoms with Crippen LogP contribution in [-0.2, 0) is 11.3 Å². The molecule has 2 aliphatic heterocycles. The van der Waals surface area contributed by atoms with Crippen LogP contribution < -0.4 is 16.0 Å². The molecule has 2 saturated heterocycles. The van der Waals surface area contributed by atoms with Crippen LogP contribution >= 0.6 is 0 Å². The number of ether oxygens (including phenoxy) is 2. The second-order valence-electron chi connectivity index (χ2n) is 11.0. The topological polar surface area (TPSA) is 120 Å². The molecule has 6 rings (SSSR count). The van der Waals surface area contributed by atoms with E-state index in [9.17, 15) is 14.7 Å². The van der Waals surface area contributed by atoms with E-state index in [0.29, 0.717) is 73.5 Å². The highest BCUT2D eigenvalue weighted by Crippen LogP contribution is 2.48. The maximum absolute atomic E-state index is 13.7. The Morgan fingerprint density at radius 2 is 1.97 bits per heavy atom. The number of fused-ring (bicyclic) bond motifs is 2. The zero-order chi connectivity index (χ0) is 25.9. The number of aromatic nitrogens is 2. The molecule has 1 amide bonds. The molecular formula is C28H32N4O5. The number of hydrogen-bond acceptors (Lipinski definition) is 7. The summed E-state index contributed by atoms with van der Waals surface area (Å²) in [5.41, 5.74) is 8.24. The maximum atomic E-state index is 13.7. The van der Waals surface area contributed by atoms with E-state index >= 15 is 0 Å². The van der Waals surface area contributed by atoms with Gasteiger partial charge >= 0.3 is 6.09 Å². The van der Waals surface area contributed by atoms with Crippen molar-refractivity contribution >= 4 is 22.7 Å². The molecule has 2 atom stereocenters. The molecular weight excluding hydrogens is 472 g/mol. The van der Waals surface area contributed by atoms with Gasteiger partial charge in [0, 0.05) is 25.1 Å². The minimum Gasteiger partial charge on any atom is -0.490 e. The predicted molar refractivity (Wildman–Crippen MR) is 139 cm³/mol. The Balaban J connectivity index is 1.36. The summed E-state index contributed by atoms with van der Waals surface area (Å²) in [6.45, 7) is 5.05. The molecule has 3 heterocycles. The summed E-state index contributed by atoms with van der Waals surface area (Å²) in [6, 6.07) is 11.3. The van der Waals surface area contributed by atoms with Crippen LogP contribution in [0.15, 0.2) is 41.2 Å². The lowest BCUT2D eigenvalue weighted by molar-refractivity contribution is -0.0322. The molecule has 9 heteroatoms. The number of benzene rings is 2. The van der Waals surface area contributed by atoms with Gasteiger partial charge in [-0.05, 0) is 68.0 Å². The molecule has 37 heavy (non-hydrogen) atoms. The van der Waals surface area contributed by atoms with Crippen LogP contribution in [0.1, 0.15) is 55.5 Å². The quantitative estimate of drug-likeness (QED) is 0.512. The second-order valence-corrected chi connectivity index (χ2v) is 11.0. The highest BCUT2D eigenvalue weighted by atomic mass is 16.6. The van der Waals surface area contributed by atoms with Gasteiger partial charge in [0.2, 0.25) is 0 Å². The fraction of sp³-hybridized carbons (Fsp3) is 0.464. The van der Waals surface area contributed by atoms with E-state index in [0.717, 1.165) is 11.1 Å². The Morgan fingerprint density at radius 1 is 1.22 bits per heavy atom. The molecule has 0 radical (unpaired) electrons. The Kier molecular flexibility index (Phi) is 5.63. The van der Waals surface area contributed by atoms with Crippen molar-refractivity contribution in [1.82, 2.24) is 14.5 Å². The van der Waals surface area contributed by atoms with Crippen molar-refractivity contribution < 1.29 is 19.4 Å². The van der Waals surface area contributed by atoms with Gasteiger partial charge in [0.05, 0.1) is 29.1 Å². The number of hydrogen-bond donors (Lipinski definition) is 2. The highest BCUT2D eigenvalue weighted by molar-refractivity contribution is 5.81. The molecule has 0 spiro atoms. The molecule has 1 aliphatic carbocycles. The molecule has 9 nitrogen and oxygen atoms in total. The number of rotatable bonds is 5. The zero-order valence-corrected chi connectivity index (χ0v) is 21.1. The van der Waals surface area contributed by atoms with Gasteiger partial charge in [0.1, 0.15) is 24.3 Å². The van der Waals surface area contributed by atoms with Crippen LogP contribution in [0.3, 0.4) is 0 Å². The number of nitrogens with two attached hydrogens (primary N) is 1. The number of nitrogen functional groups attached to an aromatic ring is 1. The van der Waals surface area contributed by atoms with E-state index < -0.39 is 5.60 Å². The van der Waals surface area contributed by atoms with Crippen LogP contribution in [0.5, 0.6) is 5.75 Å². The minimum absolute atomic E-state index is 0.0149. The molecule has 3 aliphatic rings. The Morgan fingerprint density at radius 3 is 2.70 bits per heavy atom. The average Bonchev–Trinajstić information content (AvgIpc) is 3.21. The molecule has 0 bridgehead atoms. The van der Waals surface area contributed by atoms with Crippen molar-refractivity contribution in [2.75, 3.05) is 18.9 Å². The Bertz CT molecular complexity index is 1420. The smallest absolute Gasteiger partial charge is 0.410 e. The van der Waals surface area contributed by atoms with Gasteiger partial charge < -0.3 is 25.2 Å². The number of carbonyl (C=O) groups is 1. The van der Waals surface area contributed by atoms with Crippen LogP contribution in [-0.4, -0.2) is 56.5 Å². The van der Waals surface area contributed by atoms with Crippen LogP contribution in [0.2, 0.25) is 0 Å². The molecule has 1 saturated carbocycles. The van der Waals surface area contributed by atoms with Gasteiger partial charge in [-0.1, -0.05) is 12.1 Å². The highest BCUT2D eigenvalue weighted by Gasteiger charge is 2.42. The average molecular weight is 505 g/mol. The maximum Gasteiger partial charge on any atom is 0.410 e. The number of aryl methyl sites for hydroxylation is 1. The molecule has 2 aromatic carbocycles. The van der Waals surface area contributed by atoms with E-state index in [1.165, 1.54) is 0 Å². The Labute approximate surface area is 214 Å². The van der Waals surface area contributed by atoms with Crippen molar-refractivity contribution in [1.29, 1.82) is 0 Å². The lowest BCUT2D eigenvalue weighted by Crippen LogP contribution is -2.44. The third-order valence-corrected chi connectivity index (χ3v) is 8.00. The summed E-state index contributed by atoms with van der Waals surface area (Å²) in [7, 11) is 0. The van der Waals surface area contributed by atoms with Crippen LogP contribution in [0.4, 0.5) is 10.5 Å². The van der Waals surface area contributed by atoms with Gasteiger partial charge in [-0.2, -0.15) is 0 Å².